The van der Waals surface area contributed by atoms with Crippen LogP contribution in [0.15, 0.2) is 24.0 Å². The van der Waals surface area contributed by atoms with Crippen LogP contribution in [0, 0.1) is 2.88 Å². The molecule has 0 radical (unpaired) electrons. The molecule has 0 atom stereocenters. The van der Waals surface area contributed by atoms with E-state index in [9.17, 15) is 0 Å². The molecule has 2 nitrogen and oxygen atoms in total. The Morgan fingerprint density at radius 1 is 1.36 bits per heavy atom. The van der Waals surface area contributed by atoms with Crippen molar-refractivity contribution < 1.29 is 9.47 Å². The van der Waals surface area contributed by atoms with Crippen LogP contribution < -0.4 is 0 Å². The molecule has 0 saturated carbocycles. The summed E-state index contributed by atoms with van der Waals surface area (Å²) in [5.74, 6) is 0. The Kier molecular flexibility index (Phi) is 2.04. The minimum absolute atomic E-state index is 0.215. The van der Waals surface area contributed by atoms with Crippen LogP contribution in [0.1, 0.15) is 11.9 Å². The number of ether oxygens (including phenoxy) is 2. The van der Waals surface area contributed by atoms with E-state index in [1.807, 2.05) is 11.4 Å². The van der Waals surface area contributed by atoms with Gasteiger partial charge in [0.2, 0.25) is 0 Å². The Bertz CT molecular complexity index is 274. The first-order valence-electron chi connectivity index (χ1n) is 3.07. The van der Waals surface area contributed by atoms with E-state index < -0.39 is 0 Å². The summed E-state index contributed by atoms with van der Waals surface area (Å²) in [6.45, 7) is 0. The zero-order valence-corrected chi connectivity index (χ0v) is 8.46. The summed E-state index contributed by atoms with van der Waals surface area (Å²) in [5.41, 5.74) is 1.11. The minimum Gasteiger partial charge on any atom is -0.455 e. The van der Waals surface area contributed by atoms with Gasteiger partial charge in [-0.05, 0) is 34.0 Å². The molecule has 2 rings (SSSR count). The van der Waals surface area contributed by atoms with Gasteiger partial charge in [-0.1, -0.05) is 0 Å². The number of thiophene rings is 1. The molecule has 0 spiro atoms. The lowest BCUT2D eigenvalue weighted by Gasteiger charge is -2.07. The van der Waals surface area contributed by atoms with Gasteiger partial charge in [-0.15, -0.1) is 11.3 Å². The Morgan fingerprint density at radius 3 is 2.64 bits per heavy atom. The molecule has 1 aliphatic rings. The normalized spacial score (nSPS) is 16.5. The van der Waals surface area contributed by atoms with Crippen molar-refractivity contribution in [1.82, 2.24) is 0 Å². The number of hydrogen-bond donors (Lipinski definition) is 0. The second-order valence-electron chi connectivity index (χ2n) is 2.03. The van der Waals surface area contributed by atoms with E-state index in [1.165, 1.54) is 2.88 Å². The molecule has 0 aromatic carbocycles. The zero-order chi connectivity index (χ0) is 7.68. The molecule has 0 N–H and O–H groups in total. The van der Waals surface area contributed by atoms with Gasteiger partial charge in [0.05, 0.1) is 8.45 Å². The van der Waals surface area contributed by atoms with Gasteiger partial charge in [0, 0.05) is 0 Å². The molecule has 2 heterocycles. The summed E-state index contributed by atoms with van der Waals surface area (Å²) in [7, 11) is 0. The van der Waals surface area contributed by atoms with Crippen LogP contribution in [0.4, 0.5) is 0 Å². The molecule has 0 bridgehead atoms. The standard InChI is InChI=1S/C7H5IO2S/c8-6-5(1-4-11-6)7-9-2-3-10-7/h1-4,7H. The van der Waals surface area contributed by atoms with Crippen molar-refractivity contribution >= 4 is 33.9 Å². The molecule has 4 heteroatoms. The SMILES string of the molecule is Ic1sccc1C1OC=CO1. The van der Waals surface area contributed by atoms with E-state index in [1.54, 1.807) is 23.9 Å². The van der Waals surface area contributed by atoms with Crippen molar-refractivity contribution in [2.75, 3.05) is 0 Å². The van der Waals surface area contributed by atoms with Crippen LogP contribution in [0.2, 0.25) is 0 Å². The fraction of sp³-hybridized carbons (Fsp3) is 0.143. The van der Waals surface area contributed by atoms with Crippen LogP contribution in [-0.4, -0.2) is 0 Å². The van der Waals surface area contributed by atoms with Gasteiger partial charge >= 0.3 is 0 Å². The van der Waals surface area contributed by atoms with Crippen molar-refractivity contribution in [3.8, 4) is 0 Å². The Morgan fingerprint density at radius 2 is 2.09 bits per heavy atom. The van der Waals surface area contributed by atoms with Crippen LogP contribution in [0.5, 0.6) is 0 Å². The summed E-state index contributed by atoms with van der Waals surface area (Å²) in [4.78, 5) is 0. The van der Waals surface area contributed by atoms with Gasteiger partial charge in [-0.3, -0.25) is 0 Å². The van der Waals surface area contributed by atoms with E-state index in [-0.39, 0.29) is 6.29 Å². The molecule has 0 unspecified atom stereocenters. The predicted octanol–water partition coefficient (Wildman–Crippen LogP) is 2.87. The lowest BCUT2D eigenvalue weighted by molar-refractivity contribution is -0.0248. The summed E-state index contributed by atoms with van der Waals surface area (Å²) >= 11 is 3.97. The van der Waals surface area contributed by atoms with E-state index in [4.69, 9.17) is 9.47 Å². The maximum Gasteiger partial charge on any atom is 0.268 e. The highest BCUT2D eigenvalue weighted by Gasteiger charge is 2.18. The maximum absolute atomic E-state index is 5.18. The first-order chi connectivity index (χ1) is 5.38. The van der Waals surface area contributed by atoms with Crippen LogP contribution in [0.25, 0.3) is 0 Å². The lowest BCUT2D eigenvalue weighted by atomic mass is 10.3. The summed E-state index contributed by atoms with van der Waals surface area (Å²) in [5, 5.41) is 2.03. The lowest BCUT2D eigenvalue weighted by Crippen LogP contribution is -1.96. The van der Waals surface area contributed by atoms with Crippen molar-refractivity contribution in [2.45, 2.75) is 6.29 Å². The molecule has 1 aromatic rings. The topological polar surface area (TPSA) is 18.5 Å². The third-order valence-electron chi connectivity index (χ3n) is 1.36. The summed E-state index contributed by atoms with van der Waals surface area (Å²) in [6, 6.07) is 2.02. The van der Waals surface area contributed by atoms with E-state index in [0.717, 1.165) is 5.56 Å². The molecule has 0 amide bonds. The molecule has 0 aliphatic carbocycles. The second kappa shape index (κ2) is 3.02. The van der Waals surface area contributed by atoms with E-state index in [0.29, 0.717) is 0 Å². The molecular formula is C7H5IO2S. The Hall–Kier alpha value is -0.230. The van der Waals surface area contributed by atoms with Crippen molar-refractivity contribution in [3.63, 3.8) is 0 Å². The smallest absolute Gasteiger partial charge is 0.268 e. The van der Waals surface area contributed by atoms with Crippen molar-refractivity contribution in [3.05, 3.63) is 32.4 Å². The summed E-state index contributed by atoms with van der Waals surface area (Å²) in [6.07, 6.45) is 2.92. The van der Waals surface area contributed by atoms with Gasteiger partial charge in [0.1, 0.15) is 12.5 Å². The van der Waals surface area contributed by atoms with Crippen LogP contribution >= 0.6 is 33.9 Å². The number of rotatable bonds is 1. The monoisotopic (exact) mass is 280 g/mol. The molecular weight excluding hydrogens is 275 g/mol. The Balaban J connectivity index is 2.22. The molecule has 1 aliphatic heterocycles. The van der Waals surface area contributed by atoms with Gasteiger partial charge in [-0.2, -0.15) is 0 Å². The zero-order valence-electron chi connectivity index (χ0n) is 5.49. The number of hydrogen-bond acceptors (Lipinski definition) is 3. The van der Waals surface area contributed by atoms with Crippen LogP contribution in [-0.2, 0) is 9.47 Å². The predicted molar refractivity (Wildman–Crippen MR) is 51.1 cm³/mol. The van der Waals surface area contributed by atoms with Gasteiger partial charge in [0.15, 0.2) is 0 Å². The molecule has 58 valence electrons. The third kappa shape index (κ3) is 1.37. The second-order valence-corrected chi connectivity index (χ2v) is 4.75. The third-order valence-corrected chi connectivity index (χ3v) is 3.46. The fourth-order valence-electron chi connectivity index (χ4n) is 0.857. The molecule has 11 heavy (non-hydrogen) atoms. The van der Waals surface area contributed by atoms with E-state index >= 15 is 0 Å². The average Bonchev–Trinajstić information content (AvgIpc) is 2.55. The highest BCUT2D eigenvalue weighted by molar-refractivity contribution is 14.1. The quantitative estimate of drug-likeness (QED) is 0.736. The summed E-state index contributed by atoms with van der Waals surface area (Å²) < 4.78 is 11.6. The largest absolute Gasteiger partial charge is 0.455 e. The Labute approximate surface area is 82.0 Å². The molecule has 0 fully saturated rings. The highest BCUT2D eigenvalue weighted by Crippen LogP contribution is 2.30. The number of halogens is 1. The van der Waals surface area contributed by atoms with Gasteiger partial charge in [-0.25, -0.2) is 0 Å². The van der Waals surface area contributed by atoms with Crippen molar-refractivity contribution in [1.29, 1.82) is 0 Å². The van der Waals surface area contributed by atoms with Crippen LogP contribution in [0.3, 0.4) is 0 Å². The van der Waals surface area contributed by atoms with Gasteiger partial charge in [0.25, 0.3) is 6.29 Å². The highest BCUT2D eigenvalue weighted by atomic mass is 127. The fourth-order valence-corrected chi connectivity index (χ4v) is 2.37. The maximum atomic E-state index is 5.18. The first kappa shape index (κ1) is 7.42. The van der Waals surface area contributed by atoms with Gasteiger partial charge < -0.3 is 9.47 Å². The minimum atomic E-state index is -0.215. The first-order valence-corrected chi connectivity index (χ1v) is 5.02. The molecule has 0 saturated heterocycles. The van der Waals surface area contributed by atoms with E-state index in [2.05, 4.69) is 22.6 Å². The van der Waals surface area contributed by atoms with Crippen molar-refractivity contribution in [2.24, 2.45) is 0 Å². The molecule has 1 aromatic heterocycles. The average molecular weight is 280 g/mol.